The highest BCUT2D eigenvalue weighted by atomic mass is 16.5. The van der Waals surface area contributed by atoms with Gasteiger partial charge in [-0.3, -0.25) is 4.90 Å². The average Bonchev–Trinajstić information content (AvgIpc) is 3.56. The standard InChI is InChI=1S/C27H29N3O2/c1-18(30(2)3)31-23-12-8-7-11-21(23)26-24(20-9-5-4-6-10-20)25-22(29-17-19-13-14-19)15-16-28-27(25)32-26/h4-12,15-16,18-19H,13-14,17H2,1-3H3,(H,28,29). The highest BCUT2D eigenvalue weighted by Gasteiger charge is 2.25. The van der Waals surface area contributed by atoms with Gasteiger partial charge in [0.05, 0.1) is 10.9 Å². The predicted molar refractivity (Wildman–Crippen MR) is 130 cm³/mol. The number of anilines is 1. The second-order valence-electron chi connectivity index (χ2n) is 8.71. The van der Waals surface area contributed by atoms with Crippen LogP contribution in [0.4, 0.5) is 5.69 Å². The first kappa shape index (κ1) is 20.6. The Morgan fingerprint density at radius 2 is 1.81 bits per heavy atom. The van der Waals surface area contributed by atoms with Crippen molar-refractivity contribution in [3.8, 4) is 28.2 Å². The lowest BCUT2D eigenvalue weighted by molar-refractivity contribution is 0.0820. The normalized spacial score (nSPS) is 14.6. The van der Waals surface area contributed by atoms with Crippen LogP contribution in [0.1, 0.15) is 19.8 Å². The van der Waals surface area contributed by atoms with Gasteiger partial charge in [0, 0.05) is 24.0 Å². The van der Waals surface area contributed by atoms with Crippen molar-refractivity contribution in [2.45, 2.75) is 26.0 Å². The number of ether oxygens (including phenoxy) is 1. The SMILES string of the molecule is CC(Oc1ccccc1-c1oc2nccc(NCC3CC3)c2c1-c1ccccc1)N(C)C. The zero-order valence-electron chi connectivity index (χ0n) is 18.8. The summed E-state index contributed by atoms with van der Waals surface area (Å²) >= 11 is 0. The number of aromatic nitrogens is 1. The number of benzene rings is 2. The maximum Gasteiger partial charge on any atom is 0.229 e. The zero-order chi connectivity index (χ0) is 22.1. The van der Waals surface area contributed by atoms with Crippen LogP contribution in [0.15, 0.2) is 71.3 Å². The van der Waals surface area contributed by atoms with Crippen molar-refractivity contribution in [1.29, 1.82) is 0 Å². The molecule has 0 spiro atoms. The lowest BCUT2D eigenvalue weighted by Crippen LogP contribution is -2.30. The summed E-state index contributed by atoms with van der Waals surface area (Å²) in [5.74, 6) is 2.34. The van der Waals surface area contributed by atoms with Gasteiger partial charge in [0.15, 0.2) is 0 Å². The van der Waals surface area contributed by atoms with Crippen LogP contribution in [-0.2, 0) is 0 Å². The third-order valence-corrected chi connectivity index (χ3v) is 6.09. The minimum Gasteiger partial charge on any atom is -0.475 e. The molecule has 2 aromatic heterocycles. The molecular weight excluding hydrogens is 398 g/mol. The number of para-hydroxylation sites is 1. The van der Waals surface area contributed by atoms with Gasteiger partial charge < -0.3 is 14.5 Å². The molecule has 0 saturated heterocycles. The number of hydrogen-bond donors (Lipinski definition) is 1. The van der Waals surface area contributed by atoms with E-state index in [9.17, 15) is 0 Å². The van der Waals surface area contributed by atoms with E-state index in [1.54, 1.807) is 0 Å². The van der Waals surface area contributed by atoms with Gasteiger partial charge in [0.2, 0.25) is 5.71 Å². The van der Waals surface area contributed by atoms with Gasteiger partial charge in [-0.2, -0.15) is 0 Å². The molecule has 1 aliphatic carbocycles. The minimum atomic E-state index is -0.0744. The molecule has 0 bridgehead atoms. The average molecular weight is 428 g/mol. The summed E-state index contributed by atoms with van der Waals surface area (Å²) < 4.78 is 12.7. The zero-order valence-corrected chi connectivity index (χ0v) is 18.8. The number of nitrogens with zero attached hydrogens (tertiary/aromatic N) is 2. The Bertz CT molecular complexity index is 1210. The molecular formula is C27H29N3O2. The van der Waals surface area contributed by atoms with Crippen molar-refractivity contribution in [2.75, 3.05) is 26.0 Å². The Hall–Kier alpha value is -3.31. The number of rotatable bonds is 8. The monoisotopic (exact) mass is 427 g/mol. The van der Waals surface area contributed by atoms with Crippen LogP contribution in [0.25, 0.3) is 33.6 Å². The molecule has 2 heterocycles. The summed E-state index contributed by atoms with van der Waals surface area (Å²) in [5.41, 5.74) is 4.76. The summed E-state index contributed by atoms with van der Waals surface area (Å²) in [4.78, 5) is 6.62. The first-order valence-electron chi connectivity index (χ1n) is 11.2. The molecule has 0 aliphatic heterocycles. The number of furan rings is 1. The van der Waals surface area contributed by atoms with Crippen molar-refractivity contribution in [3.05, 3.63) is 66.9 Å². The van der Waals surface area contributed by atoms with Gasteiger partial charge in [-0.15, -0.1) is 0 Å². The van der Waals surface area contributed by atoms with Crippen molar-refractivity contribution in [3.63, 3.8) is 0 Å². The first-order chi connectivity index (χ1) is 15.6. The van der Waals surface area contributed by atoms with Crippen LogP contribution in [0.5, 0.6) is 5.75 Å². The van der Waals surface area contributed by atoms with E-state index in [2.05, 4.69) is 40.6 Å². The molecule has 1 unspecified atom stereocenters. The van der Waals surface area contributed by atoms with Crippen LogP contribution >= 0.6 is 0 Å². The van der Waals surface area contributed by atoms with Crippen molar-refractivity contribution in [1.82, 2.24) is 9.88 Å². The highest BCUT2D eigenvalue weighted by molar-refractivity contribution is 6.07. The highest BCUT2D eigenvalue weighted by Crippen LogP contribution is 2.46. The molecule has 2 aromatic carbocycles. The fourth-order valence-corrected chi connectivity index (χ4v) is 3.86. The van der Waals surface area contributed by atoms with E-state index in [-0.39, 0.29) is 6.23 Å². The Kier molecular flexibility index (Phi) is 5.58. The summed E-state index contributed by atoms with van der Waals surface area (Å²) in [6, 6.07) is 20.5. The van der Waals surface area contributed by atoms with Crippen LogP contribution in [0, 0.1) is 5.92 Å². The lowest BCUT2D eigenvalue weighted by Gasteiger charge is -2.22. The quantitative estimate of drug-likeness (QED) is 0.336. The Labute approximate surface area is 189 Å². The fourth-order valence-electron chi connectivity index (χ4n) is 3.86. The van der Waals surface area contributed by atoms with E-state index in [0.29, 0.717) is 5.71 Å². The van der Waals surface area contributed by atoms with Gasteiger partial charge in [-0.05, 0) is 63.5 Å². The summed E-state index contributed by atoms with van der Waals surface area (Å²) in [7, 11) is 4.01. The maximum atomic E-state index is 6.44. The summed E-state index contributed by atoms with van der Waals surface area (Å²) in [6.07, 6.45) is 4.35. The molecule has 1 atom stereocenters. The third kappa shape index (κ3) is 4.08. The largest absolute Gasteiger partial charge is 0.475 e. The summed E-state index contributed by atoms with van der Waals surface area (Å²) in [5, 5.41) is 4.67. The molecule has 0 radical (unpaired) electrons. The Balaban J connectivity index is 1.70. The van der Waals surface area contributed by atoms with Crippen LogP contribution < -0.4 is 10.1 Å². The van der Waals surface area contributed by atoms with E-state index >= 15 is 0 Å². The van der Waals surface area contributed by atoms with Crippen molar-refractivity contribution in [2.24, 2.45) is 5.92 Å². The van der Waals surface area contributed by atoms with Crippen molar-refractivity contribution < 1.29 is 9.15 Å². The number of hydrogen-bond acceptors (Lipinski definition) is 5. The summed E-state index contributed by atoms with van der Waals surface area (Å²) in [6.45, 7) is 3.02. The van der Waals surface area contributed by atoms with Gasteiger partial charge in [0.1, 0.15) is 17.7 Å². The van der Waals surface area contributed by atoms with Gasteiger partial charge in [-0.1, -0.05) is 42.5 Å². The second kappa shape index (κ2) is 8.67. The minimum absolute atomic E-state index is 0.0744. The molecule has 1 saturated carbocycles. The number of nitrogens with one attached hydrogen (secondary N) is 1. The Morgan fingerprint density at radius 1 is 1.06 bits per heavy atom. The first-order valence-corrected chi connectivity index (χ1v) is 11.2. The van der Waals surface area contributed by atoms with Gasteiger partial charge in [0.25, 0.3) is 0 Å². The fraction of sp³-hybridized carbons (Fsp3) is 0.296. The number of pyridine rings is 1. The van der Waals surface area contributed by atoms with Gasteiger partial charge >= 0.3 is 0 Å². The molecule has 32 heavy (non-hydrogen) atoms. The topological polar surface area (TPSA) is 50.5 Å². The molecule has 0 amide bonds. The van der Waals surface area contributed by atoms with Crippen LogP contribution in [-0.4, -0.2) is 36.8 Å². The van der Waals surface area contributed by atoms with E-state index < -0.39 is 0 Å². The molecule has 4 aromatic rings. The molecule has 164 valence electrons. The van der Waals surface area contributed by atoms with E-state index in [4.69, 9.17) is 9.15 Å². The lowest BCUT2D eigenvalue weighted by atomic mass is 9.98. The molecule has 5 nitrogen and oxygen atoms in total. The predicted octanol–water partition coefficient (Wildman–Crippen LogP) is 6.27. The smallest absolute Gasteiger partial charge is 0.229 e. The molecule has 5 heteroatoms. The maximum absolute atomic E-state index is 6.44. The molecule has 1 aliphatic rings. The van der Waals surface area contributed by atoms with Crippen molar-refractivity contribution >= 4 is 16.8 Å². The van der Waals surface area contributed by atoms with E-state index in [1.165, 1.54) is 12.8 Å². The molecule has 1 N–H and O–H groups in total. The van der Waals surface area contributed by atoms with Gasteiger partial charge in [-0.25, -0.2) is 4.98 Å². The Morgan fingerprint density at radius 3 is 2.56 bits per heavy atom. The number of fused-ring (bicyclic) bond motifs is 1. The van der Waals surface area contributed by atoms with E-state index in [0.717, 1.165) is 51.7 Å². The molecule has 1 fully saturated rings. The third-order valence-electron chi connectivity index (χ3n) is 6.09. The van der Waals surface area contributed by atoms with Crippen LogP contribution in [0.2, 0.25) is 0 Å². The van der Waals surface area contributed by atoms with Crippen LogP contribution in [0.3, 0.4) is 0 Å². The second-order valence-corrected chi connectivity index (χ2v) is 8.71. The van der Waals surface area contributed by atoms with E-state index in [1.807, 2.05) is 62.4 Å². The molecule has 5 rings (SSSR count).